The molecule has 0 spiro atoms. The first-order valence-corrected chi connectivity index (χ1v) is 7.97. The minimum absolute atomic E-state index is 0.226. The van der Waals surface area contributed by atoms with Crippen LogP contribution in [0.15, 0.2) is 65.7 Å². The zero-order chi connectivity index (χ0) is 14.9. The Morgan fingerprint density at radius 3 is 2.48 bits per heavy atom. The highest BCUT2D eigenvalue weighted by Gasteiger charge is 2.15. The van der Waals surface area contributed by atoms with Gasteiger partial charge in [0.25, 0.3) is 10.0 Å². The zero-order valence-electron chi connectivity index (χ0n) is 11.4. The topological polar surface area (TPSA) is 59.1 Å². The second-order valence-electron chi connectivity index (χ2n) is 4.83. The van der Waals surface area contributed by atoms with Gasteiger partial charge in [-0.15, -0.1) is 0 Å². The molecule has 3 aromatic rings. The molecule has 1 aromatic heterocycles. The highest BCUT2D eigenvalue weighted by molar-refractivity contribution is 7.92. The molecule has 0 saturated carbocycles. The summed E-state index contributed by atoms with van der Waals surface area (Å²) in [4.78, 5) is 4.25. The van der Waals surface area contributed by atoms with E-state index in [1.165, 1.54) is 0 Å². The molecule has 0 amide bonds. The van der Waals surface area contributed by atoms with Gasteiger partial charge in [-0.3, -0.25) is 4.72 Å². The molecular weight excluding hydrogens is 284 g/mol. The Hall–Kier alpha value is -2.40. The molecule has 0 unspecified atom stereocenters. The fourth-order valence-electron chi connectivity index (χ4n) is 2.12. The number of aromatic nitrogens is 1. The first-order chi connectivity index (χ1) is 10.0. The summed E-state index contributed by atoms with van der Waals surface area (Å²) in [5, 5.41) is 1.89. The predicted molar refractivity (Wildman–Crippen MR) is 83.7 cm³/mol. The number of anilines is 1. The van der Waals surface area contributed by atoms with Gasteiger partial charge in [-0.25, -0.2) is 13.4 Å². The fourth-order valence-corrected chi connectivity index (χ4v) is 3.16. The first kappa shape index (κ1) is 13.6. The van der Waals surface area contributed by atoms with Crippen molar-refractivity contribution in [1.82, 2.24) is 4.98 Å². The summed E-state index contributed by atoms with van der Waals surface area (Å²) in [6.45, 7) is 1.88. The highest BCUT2D eigenvalue weighted by Crippen LogP contribution is 2.20. The molecule has 0 fully saturated rings. The van der Waals surface area contributed by atoms with Gasteiger partial charge in [0.05, 0.1) is 4.90 Å². The van der Waals surface area contributed by atoms with Gasteiger partial charge >= 0.3 is 0 Å². The Morgan fingerprint density at radius 2 is 1.71 bits per heavy atom. The van der Waals surface area contributed by atoms with E-state index in [4.69, 9.17) is 0 Å². The third-order valence-electron chi connectivity index (χ3n) is 3.19. The van der Waals surface area contributed by atoms with Gasteiger partial charge in [-0.2, -0.15) is 0 Å². The Labute approximate surface area is 123 Å². The Bertz CT molecular complexity index is 905. The van der Waals surface area contributed by atoms with Crippen LogP contribution in [0.1, 0.15) is 5.56 Å². The van der Waals surface area contributed by atoms with Crippen LogP contribution in [-0.2, 0) is 10.0 Å². The van der Waals surface area contributed by atoms with Gasteiger partial charge < -0.3 is 0 Å². The number of benzene rings is 2. The van der Waals surface area contributed by atoms with Crippen LogP contribution in [0.4, 0.5) is 5.82 Å². The number of hydrogen-bond donors (Lipinski definition) is 1. The summed E-state index contributed by atoms with van der Waals surface area (Å²) in [5.41, 5.74) is 0.946. The van der Waals surface area contributed by atoms with Crippen LogP contribution in [0.2, 0.25) is 0 Å². The zero-order valence-corrected chi connectivity index (χ0v) is 12.3. The molecule has 1 heterocycles. The maximum Gasteiger partial charge on any atom is 0.263 e. The molecular formula is C16H14N2O2S. The van der Waals surface area contributed by atoms with E-state index in [2.05, 4.69) is 9.71 Å². The smallest absolute Gasteiger partial charge is 0.263 e. The highest BCUT2D eigenvalue weighted by atomic mass is 32.2. The maximum atomic E-state index is 12.4. The predicted octanol–water partition coefficient (Wildman–Crippen LogP) is 3.34. The van der Waals surface area contributed by atoms with Crippen LogP contribution in [0, 0.1) is 6.92 Å². The van der Waals surface area contributed by atoms with Gasteiger partial charge in [-0.1, -0.05) is 30.3 Å². The Kier molecular flexibility index (Phi) is 3.35. The SMILES string of the molecule is Cc1ccnc(NS(=O)(=O)c2ccc3ccccc3c2)c1. The van der Waals surface area contributed by atoms with Crippen molar-refractivity contribution in [2.24, 2.45) is 0 Å². The second kappa shape index (κ2) is 5.18. The lowest BCUT2D eigenvalue weighted by molar-refractivity contribution is 0.601. The lowest BCUT2D eigenvalue weighted by Crippen LogP contribution is -2.13. The lowest BCUT2D eigenvalue weighted by Gasteiger charge is -2.08. The summed E-state index contributed by atoms with van der Waals surface area (Å²) in [6.07, 6.45) is 1.58. The summed E-state index contributed by atoms with van der Waals surface area (Å²) in [6, 6.07) is 16.2. The number of pyridine rings is 1. The number of sulfonamides is 1. The second-order valence-corrected chi connectivity index (χ2v) is 6.52. The first-order valence-electron chi connectivity index (χ1n) is 6.49. The van der Waals surface area contributed by atoms with Gasteiger partial charge in [0, 0.05) is 6.20 Å². The number of nitrogens with zero attached hydrogens (tertiary/aromatic N) is 1. The molecule has 5 heteroatoms. The molecule has 0 saturated heterocycles. The fraction of sp³-hybridized carbons (Fsp3) is 0.0625. The average Bonchev–Trinajstić information content (AvgIpc) is 2.46. The molecule has 0 atom stereocenters. The van der Waals surface area contributed by atoms with Crippen LogP contribution in [0.3, 0.4) is 0 Å². The monoisotopic (exact) mass is 298 g/mol. The van der Waals surface area contributed by atoms with Crippen LogP contribution >= 0.6 is 0 Å². The normalized spacial score (nSPS) is 11.5. The molecule has 0 aliphatic carbocycles. The standard InChI is InChI=1S/C16H14N2O2S/c1-12-8-9-17-16(10-12)18-21(19,20)15-7-6-13-4-2-3-5-14(13)11-15/h2-11H,1H3,(H,17,18). The van der Waals surface area contributed by atoms with Gasteiger partial charge in [0.1, 0.15) is 5.82 Å². The van der Waals surface area contributed by atoms with Gasteiger partial charge in [0.15, 0.2) is 0 Å². The number of hydrogen-bond acceptors (Lipinski definition) is 3. The van der Waals surface area contributed by atoms with E-state index < -0.39 is 10.0 Å². The largest absolute Gasteiger partial charge is 0.263 e. The number of fused-ring (bicyclic) bond motifs is 1. The van der Waals surface area contributed by atoms with E-state index in [9.17, 15) is 8.42 Å². The minimum atomic E-state index is -3.63. The lowest BCUT2D eigenvalue weighted by atomic mass is 10.1. The van der Waals surface area contributed by atoms with Gasteiger partial charge in [0.2, 0.25) is 0 Å². The molecule has 0 aliphatic rings. The summed E-state index contributed by atoms with van der Waals surface area (Å²) in [5.74, 6) is 0.322. The molecule has 4 nitrogen and oxygen atoms in total. The van der Waals surface area contributed by atoms with E-state index in [1.807, 2.05) is 37.3 Å². The Morgan fingerprint density at radius 1 is 0.952 bits per heavy atom. The van der Waals surface area contributed by atoms with Crippen LogP contribution in [0.25, 0.3) is 10.8 Å². The van der Waals surface area contributed by atoms with Crippen molar-refractivity contribution in [1.29, 1.82) is 0 Å². The number of rotatable bonds is 3. The molecule has 1 N–H and O–H groups in total. The molecule has 106 valence electrons. The van der Waals surface area contributed by atoms with Crippen molar-refractivity contribution in [3.63, 3.8) is 0 Å². The van der Waals surface area contributed by atoms with Crippen molar-refractivity contribution in [2.75, 3.05) is 4.72 Å². The third kappa shape index (κ3) is 2.87. The van der Waals surface area contributed by atoms with E-state index in [0.29, 0.717) is 5.82 Å². The van der Waals surface area contributed by atoms with E-state index >= 15 is 0 Å². The quantitative estimate of drug-likeness (QED) is 0.806. The van der Waals surface area contributed by atoms with Crippen LogP contribution < -0.4 is 4.72 Å². The van der Waals surface area contributed by atoms with Crippen molar-refractivity contribution in [3.05, 3.63) is 66.4 Å². The van der Waals surface area contributed by atoms with E-state index in [0.717, 1.165) is 16.3 Å². The van der Waals surface area contributed by atoms with Crippen LogP contribution in [0.5, 0.6) is 0 Å². The molecule has 0 aliphatic heterocycles. The molecule has 0 bridgehead atoms. The van der Waals surface area contributed by atoms with Crippen molar-refractivity contribution in [2.45, 2.75) is 11.8 Å². The van der Waals surface area contributed by atoms with Crippen molar-refractivity contribution >= 4 is 26.6 Å². The molecule has 2 aromatic carbocycles. The van der Waals surface area contributed by atoms with Crippen molar-refractivity contribution in [3.8, 4) is 0 Å². The van der Waals surface area contributed by atoms with Crippen LogP contribution in [-0.4, -0.2) is 13.4 Å². The third-order valence-corrected chi connectivity index (χ3v) is 4.54. The summed E-state index contributed by atoms with van der Waals surface area (Å²) < 4.78 is 27.3. The van der Waals surface area contributed by atoms with Gasteiger partial charge in [-0.05, 0) is 47.5 Å². The summed E-state index contributed by atoms with van der Waals surface area (Å²) >= 11 is 0. The van der Waals surface area contributed by atoms with E-state index in [-0.39, 0.29) is 4.90 Å². The number of nitrogens with one attached hydrogen (secondary N) is 1. The molecule has 3 rings (SSSR count). The molecule has 0 radical (unpaired) electrons. The molecule has 21 heavy (non-hydrogen) atoms. The van der Waals surface area contributed by atoms with Crippen molar-refractivity contribution < 1.29 is 8.42 Å². The minimum Gasteiger partial charge on any atom is -0.263 e. The average molecular weight is 298 g/mol. The van der Waals surface area contributed by atoms with E-state index in [1.54, 1.807) is 30.5 Å². The maximum absolute atomic E-state index is 12.4. The number of aryl methyl sites for hydroxylation is 1. The summed E-state index contributed by atoms with van der Waals surface area (Å²) in [7, 11) is -3.63. The Balaban J connectivity index is 2.00.